The zero-order valence-corrected chi connectivity index (χ0v) is 14.3. The standard InChI is InChI=1S/C15H17BrN2O2S/c1-10-4-6-14(7-12(10)9-17)21(19,20)18-15-8-13(16)5-3-11(15)2/h3-8,18H,9,17H2,1-2H3. The third-order valence-electron chi connectivity index (χ3n) is 3.29. The number of halogens is 1. The molecular formula is C15H17BrN2O2S. The van der Waals surface area contributed by atoms with Gasteiger partial charge in [0.25, 0.3) is 10.0 Å². The number of nitrogens with two attached hydrogens (primary N) is 1. The third-order valence-corrected chi connectivity index (χ3v) is 5.15. The van der Waals surface area contributed by atoms with Crippen molar-refractivity contribution in [3.63, 3.8) is 0 Å². The third kappa shape index (κ3) is 3.64. The fourth-order valence-electron chi connectivity index (χ4n) is 1.94. The quantitative estimate of drug-likeness (QED) is 0.869. The molecule has 0 atom stereocenters. The molecule has 0 unspecified atom stereocenters. The first kappa shape index (κ1) is 16.0. The lowest BCUT2D eigenvalue weighted by molar-refractivity contribution is 0.601. The molecule has 0 radical (unpaired) electrons. The van der Waals surface area contributed by atoms with Crippen molar-refractivity contribution >= 4 is 31.6 Å². The zero-order chi connectivity index (χ0) is 15.6. The summed E-state index contributed by atoms with van der Waals surface area (Å²) in [5.41, 5.74) is 8.85. The lowest BCUT2D eigenvalue weighted by Crippen LogP contribution is -2.14. The molecule has 0 amide bonds. The number of aryl methyl sites for hydroxylation is 2. The summed E-state index contributed by atoms with van der Waals surface area (Å²) in [6.07, 6.45) is 0. The van der Waals surface area contributed by atoms with Crippen molar-refractivity contribution in [2.45, 2.75) is 25.3 Å². The Morgan fingerprint density at radius 3 is 2.43 bits per heavy atom. The summed E-state index contributed by atoms with van der Waals surface area (Å²) < 4.78 is 28.4. The summed E-state index contributed by atoms with van der Waals surface area (Å²) in [6, 6.07) is 10.4. The lowest BCUT2D eigenvalue weighted by Gasteiger charge is -2.12. The molecule has 0 saturated carbocycles. The highest BCUT2D eigenvalue weighted by Crippen LogP contribution is 2.24. The van der Waals surface area contributed by atoms with E-state index in [0.717, 1.165) is 21.2 Å². The van der Waals surface area contributed by atoms with Crippen molar-refractivity contribution in [2.24, 2.45) is 5.73 Å². The van der Waals surface area contributed by atoms with Crippen LogP contribution in [0.2, 0.25) is 0 Å². The molecular weight excluding hydrogens is 352 g/mol. The van der Waals surface area contributed by atoms with Gasteiger partial charge in [-0.3, -0.25) is 4.72 Å². The smallest absolute Gasteiger partial charge is 0.261 e. The van der Waals surface area contributed by atoms with Crippen LogP contribution in [0.3, 0.4) is 0 Å². The molecule has 0 aliphatic rings. The summed E-state index contributed by atoms with van der Waals surface area (Å²) in [6.45, 7) is 4.07. The van der Waals surface area contributed by atoms with Crippen molar-refractivity contribution in [1.29, 1.82) is 0 Å². The molecule has 0 saturated heterocycles. The second kappa shape index (κ2) is 6.17. The van der Waals surface area contributed by atoms with Crippen molar-refractivity contribution in [2.75, 3.05) is 4.72 Å². The topological polar surface area (TPSA) is 72.2 Å². The largest absolute Gasteiger partial charge is 0.326 e. The van der Waals surface area contributed by atoms with Crippen LogP contribution in [-0.4, -0.2) is 8.42 Å². The monoisotopic (exact) mass is 368 g/mol. The molecule has 0 fully saturated rings. The summed E-state index contributed by atoms with van der Waals surface area (Å²) in [4.78, 5) is 0.216. The first-order valence-corrected chi connectivity index (χ1v) is 8.69. The van der Waals surface area contributed by atoms with Crippen LogP contribution in [0.15, 0.2) is 45.8 Å². The maximum atomic E-state index is 12.5. The van der Waals surface area contributed by atoms with Gasteiger partial charge in [-0.05, 0) is 54.8 Å². The highest BCUT2D eigenvalue weighted by Gasteiger charge is 2.16. The second-order valence-electron chi connectivity index (χ2n) is 4.86. The molecule has 0 bridgehead atoms. The van der Waals surface area contributed by atoms with Gasteiger partial charge in [-0.2, -0.15) is 0 Å². The number of nitrogens with one attached hydrogen (secondary N) is 1. The van der Waals surface area contributed by atoms with Gasteiger partial charge in [0, 0.05) is 11.0 Å². The Hall–Kier alpha value is -1.37. The Balaban J connectivity index is 2.41. The molecule has 0 aliphatic carbocycles. The van der Waals surface area contributed by atoms with Gasteiger partial charge >= 0.3 is 0 Å². The minimum atomic E-state index is -3.63. The van der Waals surface area contributed by atoms with E-state index in [1.165, 1.54) is 0 Å². The molecule has 2 aromatic rings. The van der Waals surface area contributed by atoms with Crippen molar-refractivity contribution in [1.82, 2.24) is 0 Å². The predicted molar refractivity (Wildman–Crippen MR) is 88.8 cm³/mol. The first-order valence-electron chi connectivity index (χ1n) is 6.42. The normalized spacial score (nSPS) is 11.4. The number of hydrogen-bond donors (Lipinski definition) is 2. The molecule has 21 heavy (non-hydrogen) atoms. The van der Waals surface area contributed by atoms with Crippen LogP contribution in [0.4, 0.5) is 5.69 Å². The fourth-order valence-corrected chi connectivity index (χ4v) is 3.48. The Kier molecular flexibility index (Phi) is 4.70. The average molecular weight is 369 g/mol. The fraction of sp³-hybridized carbons (Fsp3) is 0.200. The van der Waals surface area contributed by atoms with E-state index in [1.807, 2.05) is 26.0 Å². The van der Waals surface area contributed by atoms with Gasteiger partial charge in [0.05, 0.1) is 10.6 Å². The summed E-state index contributed by atoms with van der Waals surface area (Å²) in [7, 11) is -3.63. The SMILES string of the molecule is Cc1ccc(S(=O)(=O)Nc2cc(Br)ccc2C)cc1CN. The Morgan fingerprint density at radius 1 is 1.10 bits per heavy atom. The molecule has 3 N–H and O–H groups in total. The number of benzene rings is 2. The molecule has 0 spiro atoms. The minimum absolute atomic E-state index is 0.216. The predicted octanol–water partition coefficient (Wildman–Crippen LogP) is 3.33. The minimum Gasteiger partial charge on any atom is -0.326 e. The van der Waals surface area contributed by atoms with E-state index in [1.54, 1.807) is 24.3 Å². The van der Waals surface area contributed by atoms with Crippen molar-refractivity contribution < 1.29 is 8.42 Å². The van der Waals surface area contributed by atoms with E-state index in [0.29, 0.717) is 12.2 Å². The summed E-state index contributed by atoms with van der Waals surface area (Å²) in [5.74, 6) is 0. The Bertz CT molecular complexity index is 773. The van der Waals surface area contributed by atoms with Crippen LogP contribution >= 0.6 is 15.9 Å². The van der Waals surface area contributed by atoms with E-state index in [9.17, 15) is 8.42 Å². The van der Waals surface area contributed by atoms with Gasteiger partial charge in [-0.25, -0.2) is 8.42 Å². The number of sulfonamides is 1. The van der Waals surface area contributed by atoms with Crippen LogP contribution in [0.5, 0.6) is 0 Å². The second-order valence-corrected chi connectivity index (χ2v) is 7.46. The molecule has 112 valence electrons. The molecule has 4 nitrogen and oxygen atoms in total. The first-order chi connectivity index (χ1) is 9.83. The van der Waals surface area contributed by atoms with Gasteiger partial charge in [0.1, 0.15) is 0 Å². The van der Waals surface area contributed by atoms with E-state index in [-0.39, 0.29) is 4.90 Å². The molecule has 2 aromatic carbocycles. The summed E-state index contributed by atoms with van der Waals surface area (Å²) in [5, 5.41) is 0. The highest BCUT2D eigenvalue weighted by molar-refractivity contribution is 9.10. The van der Waals surface area contributed by atoms with Crippen molar-refractivity contribution in [3.05, 3.63) is 57.6 Å². The van der Waals surface area contributed by atoms with Crippen LogP contribution in [-0.2, 0) is 16.6 Å². The lowest BCUT2D eigenvalue weighted by atomic mass is 10.1. The Labute approximate surface area is 133 Å². The molecule has 2 rings (SSSR count). The number of rotatable bonds is 4. The highest BCUT2D eigenvalue weighted by atomic mass is 79.9. The molecule has 6 heteroatoms. The van der Waals surface area contributed by atoms with E-state index >= 15 is 0 Å². The average Bonchev–Trinajstić information content (AvgIpc) is 2.43. The van der Waals surface area contributed by atoms with Gasteiger partial charge < -0.3 is 5.73 Å². The molecule has 0 aliphatic heterocycles. The van der Waals surface area contributed by atoms with Gasteiger partial charge in [-0.1, -0.05) is 28.1 Å². The van der Waals surface area contributed by atoms with E-state index in [4.69, 9.17) is 5.73 Å². The van der Waals surface area contributed by atoms with Gasteiger partial charge in [0.15, 0.2) is 0 Å². The van der Waals surface area contributed by atoms with Crippen LogP contribution < -0.4 is 10.5 Å². The number of anilines is 1. The van der Waals surface area contributed by atoms with E-state index in [2.05, 4.69) is 20.7 Å². The van der Waals surface area contributed by atoms with Crippen molar-refractivity contribution in [3.8, 4) is 0 Å². The van der Waals surface area contributed by atoms with Crippen LogP contribution in [0.25, 0.3) is 0 Å². The van der Waals surface area contributed by atoms with Crippen LogP contribution in [0, 0.1) is 13.8 Å². The van der Waals surface area contributed by atoms with E-state index < -0.39 is 10.0 Å². The maximum absolute atomic E-state index is 12.5. The number of hydrogen-bond acceptors (Lipinski definition) is 3. The molecule has 0 aromatic heterocycles. The zero-order valence-electron chi connectivity index (χ0n) is 11.9. The van der Waals surface area contributed by atoms with Gasteiger partial charge in [0.2, 0.25) is 0 Å². The summed E-state index contributed by atoms with van der Waals surface area (Å²) >= 11 is 3.34. The maximum Gasteiger partial charge on any atom is 0.261 e. The molecule has 0 heterocycles. The van der Waals surface area contributed by atoms with Crippen LogP contribution in [0.1, 0.15) is 16.7 Å². The van der Waals surface area contributed by atoms with Gasteiger partial charge in [-0.15, -0.1) is 0 Å². The Morgan fingerprint density at radius 2 is 1.76 bits per heavy atom.